The summed E-state index contributed by atoms with van der Waals surface area (Å²) in [5.74, 6) is -0.239. The van der Waals surface area contributed by atoms with Crippen molar-refractivity contribution in [3.63, 3.8) is 0 Å². The molecule has 1 aliphatic heterocycles. The topological polar surface area (TPSA) is 49.9 Å². The van der Waals surface area contributed by atoms with Gasteiger partial charge in [0.15, 0.2) is 0 Å². The molecule has 1 aliphatic rings. The van der Waals surface area contributed by atoms with Crippen molar-refractivity contribution >= 4 is 11.8 Å². The maximum absolute atomic E-state index is 12.5. The molecule has 7 heteroatoms. The van der Waals surface area contributed by atoms with Gasteiger partial charge in [-0.05, 0) is 18.2 Å². The smallest absolute Gasteiger partial charge is 0.387 e. The first-order chi connectivity index (χ1) is 11.2. The number of amides is 2. The predicted molar refractivity (Wildman–Crippen MR) is 85.0 cm³/mol. The average molecular weight is 340 g/mol. The van der Waals surface area contributed by atoms with Crippen LogP contribution in [0.2, 0.25) is 0 Å². The van der Waals surface area contributed by atoms with Gasteiger partial charge in [-0.2, -0.15) is 8.78 Å². The van der Waals surface area contributed by atoms with Gasteiger partial charge in [0.05, 0.1) is 0 Å². The van der Waals surface area contributed by atoms with Crippen molar-refractivity contribution in [3.8, 4) is 5.75 Å². The Hall–Kier alpha value is -2.18. The second-order valence-corrected chi connectivity index (χ2v) is 6.74. The van der Waals surface area contributed by atoms with Gasteiger partial charge >= 0.3 is 6.61 Å². The Morgan fingerprint density at radius 1 is 1.08 bits per heavy atom. The summed E-state index contributed by atoms with van der Waals surface area (Å²) in [5.41, 5.74) is -0.156. The van der Waals surface area contributed by atoms with E-state index in [1.165, 1.54) is 18.2 Å². The van der Waals surface area contributed by atoms with Crippen molar-refractivity contribution in [1.29, 1.82) is 0 Å². The molecule has 0 saturated carbocycles. The molecule has 0 aliphatic carbocycles. The third-order valence-corrected chi connectivity index (χ3v) is 3.80. The van der Waals surface area contributed by atoms with Gasteiger partial charge in [0, 0.05) is 37.2 Å². The molecule has 1 saturated heterocycles. The largest absolute Gasteiger partial charge is 0.435 e. The van der Waals surface area contributed by atoms with Crippen molar-refractivity contribution in [2.24, 2.45) is 5.41 Å². The summed E-state index contributed by atoms with van der Waals surface area (Å²) in [6.45, 7) is 4.43. The van der Waals surface area contributed by atoms with E-state index in [1.807, 2.05) is 20.8 Å². The zero-order valence-corrected chi connectivity index (χ0v) is 14.1. The summed E-state index contributed by atoms with van der Waals surface area (Å²) in [7, 11) is 0. The fourth-order valence-corrected chi connectivity index (χ4v) is 2.57. The molecule has 0 radical (unpaired) electrons. The highest BCUT2D eigenvalue weighted by Gasteiger charge is 2.31. The second-order valence-electron chi connectivity index (χ2n) is 6.74. The standard InChI is InChI=1S/C17H22F2N2O3/c1-17(2,3)15(23)21-9-7-20(8-10-21)14(22)12-5-4-6-13(11-12)24-16(18)19/h4-6,11,16H,7-10H2,1-3H3. The Morgan fingerprint density at radius 3 is 2.21 bits per heavy atom. The molecule has 5 nitrogen and oxygen atoms in total. The summed E-state index contributed by atoms with van der Waals surface area (Å²) in [6, 6.07) is 5.75. The number of nitrogens with zero attached hydrogens (tertiary/aromatic N) is 2. The minimum Gasteiger partial charge on any atom is -0.435 e. The zero-order chi connectivity index (χ0) is 17.9. The van der Waals surface area contributed by atoms with Crippen molar-refractivity contribution in [2.75, 3.05) is 26.2 Å². The molecule has 1 aromatic carbocycles. The highest BCUT2D eigenvalue weighted by Crippen LogP contribution is 2.20. The van der Waals surface area contributed by atoms with E-state index < -0.39 is 12.0 Å². The molecular formula is C17H22F2N2O3. The van der Waals surface area contributed by atoms with Crippen molar-refractivity contribution in [1.82, 2.24) is 9.80 Å². The van der Waals surface area contributed by atoms with Crippen molar-refractivity contribution in [3.05, 3.63) is 29.8 Å². The lowest BCUT2D eigenvalue weighted by molar-refractivity contribution is -0.140. The van der Waals surface area contributed by atoms with Crippen LogP contribution in [0.4, 0.5) is 8.78 Å². The maximum atomic E-state index is 12.5. The molecule has 1 aromatic rings. The number of halogens is 2. The second kappa shape index (κ2) is 7.15. The molecule has 0 bridgehead atoms. The Balaban J connectivity index is 1.99. The van der Waals surface area contributed by atoms with Crippen LogP contribution in [0.3, 0.4) is 0 Å². The Labute approximate surface area is 140 Å². The minimum atomic E-state index is -2.93. The highest BCUT2D eigenvalue weighted by molar-refractivity contribution is 5.94. The van der Waals surface area contributed by atoms with Gasteiger partial charge in [-0.3, -0.25) is 9.59 Å². The summed E-state index contributed by atoms with van der Waals surface area (Å²) >= 11 is 0. The quantitative estimate of drug-likeness (QED) is 0.850. The number of rotatable bonds is 3. The van der Waals surface area contributed by atoms with Crippen LogP contribution in [-0.2, 0) is 4.79 Å². The monoisotopic (exact) mass is 340 g/mol. The molecule has 0 spiro atoms. The number of carbonyl (C=O) groups is 2. The van der Waals surface area contributed by atoms with Crippen LogP contribution >= 0.6 is 0 Å². The fourth-order valence-electron chi connectivity index (χ4n) is 2.57. The Kier molecular flexibility index (Phi) is 5.41. The van der Waals surface area contributed by atoms with Crippen LogP contribution in [0.25, 0.3) is 0 Å². The van der Waals surface area contributed by atoms with Gasteiger partial charge in [-0.15, -0.1) is 0 Å². The number of ether oxygens (including phenoxy) is 1. The van der Waals surface area contributed by atoms with E-state index >= 15 is 0 Å². The van der Waals surface area contributed by atoms with E-state index in [9.17, 15) is 18.4 Å². The molecule has 0 atom stereocenters. The summed E-state index contributed by atoms with van der Waals surface area (Å²) in [5, 5.41) is 0. The number of alkyl halides is 2. The summed E-state index contributed by atoms with van der Waals surface area (Å²) in [4.78, 5) is 28.1. The van der Waals surface area contributed by atoms with Crippen LogP contribution in [0.15, 0.2) is 24.3 Å². The molecule has 0 aromatic heterocycles. The fraction of sp³-hybridized carbons (Fsp3) is 0.529. The van der Waals surface area contributed by atoms with Crippen molar-refractivity contribution in [2.45, 2.75) is 27.4 Å². The molecule has 2 rings (SSSR count). The molecule has 132 valence electrons. The number of piperazine rings is 1. The maximum Gasteiger partial charge on any atom is 0.387 e. The van der Waals surface area contributed by atoms with Crippen molar-refractivity contribution < 1.29 is 23.1 Å². The van der Waals surface area contributed by atoms with E-state index in [4.69, 9.17) is 0 Å². The zero-order valence-electron chi connectivity index (χ0n) is 14.1. The lowest BCUT2D eigenvalue weighted by Gasteiger charge is -2.37. The third-order valence-electron chi connectivity index (χ3n) is 3.80. The van der Waals surface area contributed by atoms with Gasteiger partial charge in [0.2, 0.25) is 5.91 Å². The highest BCUT2D eigenvalue weighted by atomic mass is 19.3. The van der Waals surface area contributed by atoms with Crippen LogP contribution in [-0.4, -0.2) is 54.4 Å². The lowest BCUT2D eigenvalue weighted by Crippen LogP contribution is -2.53. The van der Waals surface area contributed by atoms with Crippen LogP contribution in [0, 0.1) is 5.41 Å². The van der Waals surface area contributed by atoms with E-state index in [2.05, 4.69) is 4.74 Å². The number of carbonyl (C=O) groups excluding carboxylic acids is 2. The molecule has 0 unspecified atom stereocenters. The molecule has 2 amide bonds. The van der Waals surface area contributed by atoms with Gasteiger partial charge in [0.25, 0.3) is 5.91 Å². The Morgan fingerprint density at radius 2 is 1.67 bits per heavy atom. The SMILES string of the molecule is CC(C)(C)C(=O)N1CCN(C(=O)c2cccc(OC(F)F)c2)CC1. The molecular weight excluding hydrogens is 318 g/mol. The molecule has 24 heavy (non-hydrogen) atoms. The molecule has 1 heterocycles. The predicted octanol–water partition coefficient (Wildman–Crippen LogP) is 2.62. The number of hydrogen-bond acceptors (Lipinski definition) is 3. The van der Waals surface area contributed by atoms with E-state index in [1.54, 1.807) is 15.9 Å². The Bertz CT molecular complexity index is 606. The van der Waals surface area contributed by atoms with Crippen LogP contribution in [0.1, 0.15) is 31.1 Å². The molecule has 0 N–H and O–H groups in total. The van der Waals surface area contributed by atoms with Gasteiger partial charge in [-0.25, -0.2) is 0 Å². The first-order valence-electron chi connectivity index (χ1n) is 7.82. The van der Waals surface area contributed by atoms with Crippen LogP contribution < -0.4 is 4.74 Å². The summed E-state index contributed by atoms with van der Waals surface area (Å²) in [6.07, 6.45) is 0. The summed E-state index contributed by atoms with van der Waals surface area (Å²) < 4.78 is 28.9. The minimum absolute atomic E-state index is 0.0441. The van der Waals surface area contributed by atoms with Gasteiger partial charge < -0.3 is 14.5 Å². The first-order valence-corrected chi connectivity index (χ1v) is 7.82. The number of hydrogen-bond donors (Lipinski definition) is 0. The van der Waals surface area contributed by atoms with E-state index in [-0.39, 0.29) is 17.6 Å². The average Bonchev–Trinajstić information content (AvgIpc) is 2.52. The molecule has 1 fully saturated rings. The number of benzene rings is 1. The lowest BCUT2D eigenvalue weighted by atomic mass is 9.94. The van der Waals surface area contributed by atoms with E-state index in [0.29, 0.717) is 31.7 Å². The van der Waals surface area contributed by atoms with E-state index in [0.717, 1.165) is 0 Å². The first kappa shape index (κ1) is 18.2. The normalized spacial score (nSPS) is 15.6. The van der Waals surface area contributed by atoms with Gasteiger partial charge in [-0.1, -0.05) is 26.8 Å². The third kappa shape index (κ3) is 4.43. The van der Waals surface area contributed by atoms with Gasteiger partial charge in [0.1, 0.15) is 5.75 Å². The van der Waals surface area contributed by atoms with Crippen LogP contribution in [0.5, 0.6) is 5.75 Å².